The molecule has 1 unspecified atom stereocenters. The Kier molecular flexibility index (Phi) is 8.87. The van der Waals surface area contributed by atoms with Gasteiger partial charge in [0.1, 0.15) is 6.04 Å². The summed E-state index contributed by atoms with van der Waals surface area (Å²) in [5, 5.41) is 12.2. The number of nitrogens with zero attached hydrogens (tertiary/aromatic N) is 2. The van der Waals surface area contributed by atoms with Gasteiger partial charge in [-0.1, -0.05) is 47.1 Å². The van der Waals surface area contributed by atoms with Crippen molar-refractivity contribution in [3.63, 3.8) is 0 Å². The van der Waals surface area contributed by atoms with Crippen LogP contribution in [0, 0.1) is 11.3 Å². The zero-order valence-electron chi connectivity index (χ0n) is 19.3. The predicted molar refractivity (Wildman–Crippen MR) is 114 cm³/mol. The summed E-state index contributed by atoms with van der Waals surface area (Å²) in [6.07, 6.45) is 4.49. The quantitative estimate of drug-likeness (QED) is 0.631. The predicted octanol–water partition coefficient (Wildman–Crippen LogP) is 2.52. The fourth-order valence-electron chi connectivity index (χ4n) is 3.72. The molecule has 1 heterocycles. The van der Waals surface area contributed by atoms with E-state index in [-0.39, 0.29) is 35.4 Å². The molecule has 1 saturated heterocycles. The van der Waals surface area contributed by atoms with E-state index in [1.807, 2.05) is 46.6 Å². The van der Waals surface area contributed by atoms with Gasteiger partial charge in [-0.05, 0) is 44.7 Å². The highest BCUT2D eigenvalue weighted by molar-refractivity contribution is 5.91. The number of carbonyl (C=O) groups is 3. The lowest BCUT2D eigenvalue weighted by Crippen LogP contribution is -2.59. The fraction of sp³-hybridized carbons (Fsp3) is 0.773. The van der Waals surface area contributed by atoms with Crippen molar-refractivity contribution in [2.75, 3.05) is 20.6 Å². The van der Waals surface area contributed by atoms with Gasteiger partial charge >= 0.3 is 5.97 Å². The summed E-state index contributed by atoms with van der Waals surface area (Å²) in [6, 6.07) is -1.30. The summed E-state index contributed by atoms with van der Waals surface area (Å²) < 4.78 is 0. The largest absolute Gasteiger partial charge is 0.478 e. The van der Waals surface area contributed by atoms with E-state index in [1.54, 1.807) is 18.0 Å². The lowest BCUT2D eigenvalue weighted by atomic mass is 9.84. The van der Waals surface area contributed by atoms with Gasteiger partial charge in [0.2, 0.25) is 11.8 Å². The van der Waals surface area contributed by atoms with Gasteiger partial charge in [-0.2, -0.15) is 0 Å². The number of hydrogen-bond acceptors (Lipinski definition) is 4. The second-order valence-electron chi connectivity index (χ2n) is 9.64. The summed E-state index contributed by atoms with van der Waals surface area (Å²) in [4.78, 5) is 41.2. The molecule has 0 radical (unpaired) electrons. The van der Waals surface area contributed by atoms with Crippen molar-refractivity contribution in [1.82, 2.24) is 15.1 Å². The number of amides is 2. The topological polar surface area (TPSA) is 90.0 Å². The highest BCUT2D eigenvalue weighted by atomic mass is 16.4. The molecule has 3 atom stereocenters. The second-order valence-corrected chi connectivity index (χ2v) is 9.64. The molecule has 1 aliphatic rings. The van der Waals surface area contributed by atoms with Gasteiger partial charge in [0.25, 0.3) is 0 Å². The Bertz CT molecular complexity index is 636. The van der Waals surface area contributed by atoms with E-state index in [0.29, 0.717) is 0 Å². The highest BCUT2D eigenvalue weighted by Gasteiger charge is 2.39. The number of carbonyl (C=O) groups excluding carboxylic acids is 2. The minimum atomic E-state index is -1.00. The number of aliphatic carboxylic acids is 1. The number of likely N-dealkylation sites (N-methyl/N-ethyl adjacent to an activating group) is 2. The Morgan fingerprint density at radius 3 is 2.24 bits per heavy atom. The molecular formula is C22H39N3O4. The maximum atomic E-state index is 13.4. The number of carboxylic acid groups (broad SMARTS) is 1. The molecular weight excluding hydrogens is 370 g/mol. The van der Waals surface area contributed by atoms with Gasteiger partial charge in [-0.3, -0.25) is 14.5 Å². The van der Waals surface area contributed by atoms with Crippen LogP contribution in [0.15, 0.2) is 11.6 Å². The third-order valence-electron chi connectivity index (χ3n) is 5.71. The lowest BCUT2D eigenvalue weighted by molar-refractivity contribution is -0.141. The highest BCUT2D eigenvalue weighted by Crippen LogP contribution is 2.25. The summed E-state index contributed by atoms with van der Waals surface area (Å²) in [6.45, 7) is 12.1. The maximum Gasteiger partial charge on any atom is 0.331 e. The molecule has 0 aromatic heterocycles. The summed E-state index contributed by atoms with van der Waals surface area (Å²) >= 11 is 0. The van der Waals surface area contributed by atoms with Crippen molar-refractivity contribution in [2.45, 2.75) is 78.9 Å². The number of likely N-dealkylation sites (tertiary alicyclic amines) is 1. The van der Waals surface area contributed by atoms with Crippen molar-refractivity contribution in [3.8, 4) is 0 Å². The molecule has 2 N–H and O–H groups in total. The van der Waals surface area contributed by atoms with E-state index in [2.05, 4.69) is 5.32 Å². The molecule has 0 aliphatic carbocycles. The van der Waals surface area contributed by atoms with Crippen LogP contribution in [-0.4, -0.2) is 71.5 Å². The minimum Gasteiger partial charge on any atom is -0.478 e. The van der Waals surface area contributed by atoms with E-state index in [1.165, 1.54) is 6.92 Å². The minimum absolute atomic E-state index is 0.0269. The van der Waals surface area contributed by atoms with Crippen LogP contribution in [-0.2, 0) is 14.4 Å². The van der Waals surface area contributed by atoms with Crippen LogP contribution in [0.25, 0.3) is 0 Å². The van der Waals surface area contributed by atoms with Gasteiger partial charge in [0.15, 0.2) is 0 Å². The van der Waals surface area contributed by atoms with Gasteiger partial charge in [0.05, 0.1) is 12.1 Å². The van der Waals surface area contributed by atoms with Crippen LogP contribution < -0.4 is 5.32 Å². The van der Waals surface area contributed by atoms with Crippen molar-refractivity contribution < 1.29 is 19.5 Å². The Balaban J connectivity index is 3.10. The van der Waals surface area contributed by atoms with Crippen LogP contribution in [0.3, 0.4) is 0 Å². The van der Waals surface area contributed by atoms with Gasteiger partial charge in [0, 0.05) is 12.6 Å². The van der Waals surface area contributed by atoms with E-state index < -0.39 is 17.4 Å². The fourth-order valence-corrected chi connectivity index (χ4v) is 3.72. The molecule has 1 aliphatic heterocycles. The zero-order chi connectivity index (χ0) is 22.5. The van der Waals surface area contributed by atoms with Gasteiger partial charge in [-0.25, -0.2) is 4.79 Å². The first-order valence-corrected chi connectivity index (χ1v) is 10.5. The van der Waals surface area contributed by atoms with E-state index in [0.717, 1.165) is 25.8 Å². The monoisotopic (exact) mass is 409 g/mol. The van der Waals surface area contributed by atoms with E-state index >= 15 is 0 Å². The molecule has 0 spiro atoms. The second kappa shape index (κ2) is 10.2. The Morgan fingerprint density at radius 1 is 1.21 bits per heavy atom. The number of carboxylic acids is 1. The first-order chi connectivity index (χ1) is 13.3. The first kappa shape index (κ1) is 25.1. The Labute approximate surface area is 175 Å². The van der Waals surface area contributed by atoms with Gasteiger partial charge < -0.3 is 15.3 Å². The van der Waals surface area contributed by atoms with E-state index in [9.17, 15) is 19.5 Å². The molecule has 0 saturated carbocycles. The van der Waals surface area contributed by atoms with Crippen LogP contribution in [0.4, 0.5) is 0 Å². The molecule has 29 heavy (non-hydrogen) atoms. The molecule has 7 nitrogen and oxygen atoms in total. The Morgan fingerprint density at radius 2 is 1.79 bits per heavy atom. The summed E-state index contributed by atoms with van der Waals surface area (Å²) in [5.74, 6) is -1.30. The molecule has 0 aromatic carbocycles. The summed E-state index contributed by atoms with van der Waals surface area (Å²) in [5.41, 5.74) is -0.287. The number of piperidine rings is 1. The standard InChI is InChI=1S/C22H39N3O4/c1-14(2)17(13-15(3)21(28)29)25(8)20(27)18(22(4,5)6)23-19(26)16-11-9-10-12-24(16)7/h13-14,16-18H,9-12H2,1-8H3,(H,23,26)(H,28,29)/b15-13+/t16-,17-,18?/m0/s1. The van der Waals surface area contributed by atoms with Gasteiger partial charge in [-0.15, -0.1) is 0 Å². The first-order valence-electron chi connectivity index (χ1n) is 10.5. The van der Waals surface area contributed by atoms with Crippen LogP contribution in [0.5, 0.6) is 0 Å². The molecule has 0 aromatic rings. The third kappa shape index (κ3) is 6.84. The average Bonchev–Trinajstić information content (AvgIpc) is 2.61. The summed E-state index contributed by atoms with van der Waals surface area (Å²) in [7, 11) is 3.62. The van der Waals surface area contributed by atoms with Crippen LogP contribution >= 0.6 is 0 Å². The number of rotatable bonds is 7. The van der Waals surface area contributed by atoms with Crippen molar-refractivity contribution in [3.05, 3.63) is 11.6 Å². The normalized spacial score (nSPS) is 20.9. The lowest BCUT2D eigenvalue weighted by Gasteiger charge is -2.39. The molecule has 1 rings (SSSR count). The Hall–Kier alpha value is -1.89. The smallest absolute Gasteiger partial charge is 0.331 e. The SMILES string of the molecule is C/C(=C\[C@@H](C(C)C)N(C)C(=O)C(NC(=O)[C@@H]1CCCCN1C)C(C)(C)C)C(=O)O. The molecule has 2 amide bonds. The van der Waals surface area contributed by atoms with Crippen LogP contribution in [0.1, 0.15) is 60.8 Å². The molecule has 0 bridgehead atoms. The maximum absolute atomic E-state index is 13.4. The molecule has 7 heteroatoms. The third-order valence-corrected chi connectivity index (χ3v) is 5.71. The number of nitrogens with one attached hydrogen (secondary N) is 1. The zero-order valence-corrected chi connectivity index (χ0v) is 19.3. The van der Waals surface area contributed by atoms with Crippen molar-refractivity contribution in [2.24, 2.45) is 11.3 Å². The van der Waals surface area contributed by atoms with E-state index in [4.69, 9.17) is 0 Å². The number of hydrogen-bond donors (Lipinski definition) is 2. The molecule has 1 fully saturated rings. The molecule has 166 valence electrons. The van der Waals surface area contributed by atoms with Crippen LogP contribution in [0.2, 0.25) is 0 Å². The van der Waals surface area contributed by atoms with Crippen molar-refractivity contribution >= 4 is 17.8 Å². The van der Waals surface area contributed by atoms with Crippen molar-refractivity contribution in [1.29, 1.82) is 0 Å². The average molecular weight is 410 g/mol.